The van der Waals surface area contributed by atoms with E-state index in [4.69, 9.17) is 9.47 Å². The quantitative estimate of drug-likeness (QED) is 0.344. The third kappa shape index (κ3) is 8.33. The zero-order valence-electron chi connectivity index (χ0n) is 20.1. The molecule has 0 atom stereocenters. The first-order chi connectivity index (χ1) is 16.9. The van der Waals surface area contributed by atoms with Crippen LogP contribution in [-0.4, -0.2) is 40.3 Å². The molecule has 0 aliphatic rings. The minimum Gasteiger partial charge on any atom is -0.493 e. The number of benzene rings is 3. The zero-order chi connectivity index (χ0) is 25.1. The average Bonchev–Trinajstić information content (AvgIpc) is 2.85. The first-order valence-corrected chi connectivity index (χ1v) is 13.5. The van der Waals surface area contributed by atoms with Gasteiger partial charge < -0.3 is 14.8 Å². The number of ether oxygens (including phenoxy) is 2. The van der Waals surface area contributed by atoms with Crippen molar-refractivity contribution in [2.45, 2.75) is 26.2 Å². The lowest BCUT2D eigenvalue weighted by molar-refractivity contribution is -0.119. The number of rotatable bonds is 13. The van der Waals surface area contributed by atoms with Crippen molar-refractivity contribution < 1.29 is 22.7 Å². The molecule has 0 aromatic heterocycles. The van der Waals surface area contributed by atoms with E-state index in [0.717, 1.165) is 34.7 Å². The maximum absolute atomic E-state index is 12.5. The molecule has 0 saturated carbocycles. The number of aryl methyl sites for hydroxylation is 1. The predicted octanol–water partition coefficient (Wildman–Crippen LogP) is 4.78. The molecule has 8 heteroatoms. The number of para-hydroxylation sites is 2. The topological polar surface area (TPSA) is 84.9 Å². The summed E-state index contributed by atoms with van der Waals surface area (Å²) in [5.41, 5.74) is 1.48. The third-order valence-electron chi connectivity index (χ3n) is 5.17. The van der Waals surface area contributed by atoms with Crippen molar-refractivity contribution in [2.24, 2.45) is 0 Å². The first-order valence-electron chi connectivity index (χ1n) is 11.6. The molecule has 0 unspecified atom stereocenters. The predicted molar refractivity (Wildman–Crippen MR) is 139 cm³/mol. The van der Waals surface area contributed by atoms with E-state index in [2.05, 4.69) is 12.2 Å². The van der Waals surface area contributed by atoms with E-state index in [1.54, 1.807) is 24.3 Å². The van der Waals surface area contributed by atoms with Crippen LogP contribution in [0, 0.1) is 0 Å². The van der Waals surface area contributed by atoms with E-state index in [1.165, 1.54) is 0 Å². The molecule has 0 aliphatic heterocycles. The Kier molecular flexibility index (Phi) is 9.55. The number of carbonyl (C=O) groups is 1. The van der Waals surface area contributed by atoms with E-state index >= 15 is 0 Å². The number of nitrogens with zero attached hydrogens (tertiary/aromatic N) is 1. The van der Waals surface area contributed by atoms with E-state index in [1.807, 2.05) is 54.6 Å². The lowest BCUT2D eigenvalue weighted by atomic mass is 10.1. The van der Waals surface area contributed by atoms with Crippen LogP contribution in [0.15, 0.2) is 78.9 Å². The zero-order valence-corrected chi connectivity index (χ0v) is 21.0. The molecular formula is C27H32N2O5S. The fourth-order valence-electron chi connectivity index (χ4n) is 3.46. The van der Waals surface area contributed by atoms with Crippen LogP contribution in [0.1, 0.15) is 25.3 Å². The molecule has 3 rings (SSSR count). The number of sulfonamides is 1. The van der Waals surface area contributed by atoms with Crippen LogP contribution in [0.2, 0.25) is 0 Å². The maximum atomic E-state index is 12.5. The van der Waals surface area contributed by atoms with Crippen LogP contribution in [0.5, 0.6) is 17.2 Å². The maximum Gasteiger partial charge on any atom is 0.240 e. The Morgan fingerprint density at radius 3 is 2.26 bits per heavy atom. The second-order valence-corrected chi connectivity index (χ2v) is 10.00. The molecule has 0 aliphatic carbocycles. The molecule has 0 fully saturated rings. The Balaban J connectivity index is 1.54. The van der Waals surface area contributed by atoms with Gasteiger partial charge in [0.05, 0.1) is 18.6 Å². The summed E-state index contributed by atoms with van der Waals surface area (Å²) < 4.78 is 37.4. The summed E-state index contributed by atoms with van der Waals surface area (Å²) in [6, 6.07) is 23.8. The van der Waals surface area contributed by atoms with Gasteiger partial charge in [-0.1, -0.05) is 43.3 Å². The van der Waals surface area contributed by atoms with Crippen LogP contribution < -0.4 is 19.1 Å². The molecule has 0 radical (unpaired) electrons. The van der Waals surface area contributed by atoms with Gasteiger partial charge in [0.25, 0.3) is 0 Å². The van der Waals surface area contributed by atoms with Crippen molar-refractivity contribution in [3.63, 3.8) is 0 Å². The summed E-state index contributed by atoms with van der Waals surface area (Å²) in [5, 5.41) is 2.82. The lowest BCUT2D eigenvalue weighted by Crippen LogP contribution is -2.40. The molecule has 0 heterocycles. The molecule has 7 nitrogen and oxygen atoms in total. The van der Waals surface area contributed by atoms with Gasteiger partial charge in [0.15, 0.2) is 0 Å². The molecule has 1 N–H and O–H groups in total. The highest BCUT2D eigenvalue weighted by Gasteiger charge is 2.20. The van der Waals surface area contributed by atoms with Crippen molar-refractivity contribution >= 4 is 21.6 Å². The van der Waals surface area contributed by atoms with Gasteiger partial charge in [-0.2, -0.15) is 0 Å². The molecule has 0 bridgehead atoms. The summed E-state index contributed by atoms with van der Waals surface area (Å²) >= 11 is 0. The van der Waals surface area contributed by atoms with Gasteiger partial charge in [0.2, 0.25) is 15.9 Å². The van der Waals surface area contributed by atoms with E-state index in [0.29, 0.717) is 36.8 Å². The molecule has 0 spiro atoms. The number of hydrogen-bond acceptors (Lipinski definition) is 5. The van der Waals surface area contributed by atoms with Crippen molar-refractivity contribution in [1.82, 2.24) is 5.32 Å². The molecule has 35 heavy (non-hydrogen) atoms. The van der Waals surface area contributed by atoms with E-state index in [-0.39, 0.29) is 12.5 Å². The SMILES string of the molecule is CCCOc1ccccc1CCCNC(=O)CN(c1ccc(Oc2ccccc2)cc1)S(C)(=O)=O. The summed E-state index contributed by atoms with van der Waals surface area (Å²) in [7, 11) is -3.66. The second-order valence-electron chi connectivity index (χ2n) is 8.09. The standard InChI is InChI=1S/C27H32N2O5S/c1-3-20-33-26-14-8-7-10-22(26)11-9-19-28-27(30)21-29(35(2,31)32)23-15-17-25(18-16-23)34-24-12-5-4-6-13-24/h4-8,10,12-18H,3,9,11,19-21H2,1-2H3,(H,28,30). The van der Waals surface area contributed by atoms with Gasteiger partial charge >= 0.3 is 0 Å². The monoisotopic (exact) mass is 496 g/mol. The molecule has 3 aromatic carbocycles. The Morgan fingerprint density at radius 2 is 1.57 bits per heavy atom. The second kappa shape index (κ2) is 12.8. The summed E-state index contributed by atoms with van der Waals surface area (Å²) in [5.74, 6) is 1.75. The molecule has 1 amide bonds. The molecular weight excluding hydrogens is 464 g/mol. The van der Waals surface area contributed by atoms with Crippen LogP contribution >= 0.6 is 0 Å². The molecule has 186 valence electrons. The van der Waals surface area contributed by atoms with Gasteiger partial charge in [0.1, 0.15) is 23.8 Å². The third-order valence-corrected chi connectivity index (χ3v) is 6.31. The number of anilines is 1. The van der Waals surface area contributed by atoms with Crippen LogP contribution in [0.3, 0.4) is 0 Å². The Morgan fingerprint density at radius 1 is 0.914 bits per heavy atom. The fourth-order valence-corrected chi connectivity index (χ4v) is 4.32. The summed E-state index contributed by atoms with van der Waals surface area (Å²) in [6.45, 7) is 2.86. The van der Waals surface area contributed by atoms with Crippen LogP contribution in [-0.2, 0) is 21.2 Å². The Bertz CT molecular complexity index is 1180. The van der Waals surface area contributed by atoms with Gasteiger partial charge in [0, 0.05) is 6.54 Å². The highest BCUT2D eigenvalue weighted by Crippen LogP contribution is 2.25. The lowest BCUT2D eigenvalue weighted by Gasteiger charge is -2.22. The van der Waals surface area contributed by atoms with Gasteiger partial charge in [-0.05, 0) is 67.3 Å². The Labute approximate surface area is 207 Å². The van der Waals surface area contributed by atoms with Crippen molar-refractivity contribution in [1.29, 1.82) is 0 Å². The smallest absolute Gasteiger partial charge is 0.240 e. The minimum absolute atomic E-state index is 0.298. The largest absolute Gasteiger partial charge is 0.493 e. The van der Waals surface area contributed by atoms with E-state index in [9.17, 15) is 13.2 Å². The van der Waals surface area contributed by atoms with Gasteiger partial charge in [-0.15, -0.1) is 0 Å². The average molecular weight is 497 g/mol. The summed E-state index contributed by atoms with van der Waals surface area (Å²) in [4.78, 5) is 12.5. The van der Waals surface area contributed by atoms with Gasteiger partial charge in [-0.25, -0.2) is 8.42 Å². The fraction of sp³-hybridized carbons (Fsp3) is 0.296. The molecule has 3 aromatic rings. The first kappa shape index (κ1) is 26.1. The van der Waals surface area contributed by atoms with Crippen molar-refractivity contribution in [2.75, 3.05) is 30.3 Å². The van der Waals surface area contributed by atoms with Gasteiger partial charge in [-0.3, -0.25) is 9.10 Å². The number of carbonyl (C=O) groups excluding carboxylic acids is 1. The van der Waals surface area contributed by atoms with Crippen molar-refractivity contribution in [3.8, 4) is 17.2 Å². The van der Waals surface area contributed by atoms with Crippen LogP contribution in [0.25, 0.3) is 0 Å². The highest BCUT2D eigenvalue weighted by molar-refractivity contribution is 7.92. The highest BCUT2D eigenvalue weighted by atomic mass is 32.2. The number of amides is 1. The molecule has 0 saturated heterocycles. The normalized spacial score (nSPS) is 11.0. The van der Waals surface area contributed by atoms with E-state index < -0.39 is 10.0 Å². The van der Waals surface area contributed by atoms with Crippen molar-refractivity contribution in [3.05, 3.63) is 84.4 Å². The Hall–Kier alpha value is -3.52. The van der Waals surface area contributed by atoms with Crippen LogP contribution in [0.4, 0.5) is 5.69 Å². The summed E-state index contributed by atoms with van der Waals surface area (Å²) in [6.07, 6.45) is 3.48. The minimum atomic E-state index is -3.66. The number of hydrogen-bond donors (Lipinski definition) is 1. The number of nitrogens with one attached hydrogen (secondary N) is 1.